The second-order valence-corrected chi connectivity index (χ2v) is 4.32. The molecule has 0 fully saturated rings. The van der Waals surface area contributed by atoms with E-state index in [2.05, 4.69) is 20.7 Å². The topological polar surface area (TPSA) is 59.4 Å². The maximum Gasteiger partial charge on any atom is 0.146 e. The van der Waals surface area contributed by atoms with Crippen molar-refractivity contribution in [2.75, 3.05) is 0 Å². The van der Waals surface area contributed by atoms with Crippen LogP contribution in [0.15, 0.2) is 36.8 Å². The summed E-state index contributed by atoms with van der Waals surface area (Å²) in [5.74, 6) is 0.919. The van der Waals surface area contributed by atoms with Gasteiger partial charge in [-0.25, -0.2) is 9.67 Å². The molecule has 5 nitrogen and oxygen atoms in total. The van der Waals surface area contributed by atoms with Gasteiger partial charge < -0.3 is 4.57 Å². The van der Waals surface area contributed by atoms with Crippen LogP contribution in [-0.4, -0.2) is 19.3 Å². The summed E-state index contributed by atoms with van der Waals surface area (Å²) in [7, 11) is 0. The van der Waals surface area contributed by atoms with Crippen LogP contribution in [0, 0.1) is 11.3 Å². The minimum absolute atomic E-state index is 0.659. The van der Waals surface area contributed by atoms with Crippen LogP contribution < -0.4 is 0 Å². The molecule has 0 unspecified atom stereocenters. The Morgan fingerprint density at radius 3 is 3.00 bits per heavy atom. The Morgan fingerprint density at radius 1 is 1.32 bits per heavy atom. The average molecular weight is 251 g/mol. The highest BCUT2D eigenvalue weighted by Gasteiger charge is 2.07. The quantitative estimate of drug-likeness (QED) is 0.716. The van der Waals surface area contributed by atoms with Crippen LogP contribution in [0.4, 0.5) is 0 Å². The summed E-state index contributed by atoms with van der Waals surface area (Å²) >= 11 is 0. The molecule has 5 heteroatoms. The molecule has 0 saturated heterocycles. The monoisotopic (exact) mass is 251 g/mol. The largest absolute Gasteiger partial charge is 0.340 e. The summed E-state index contributed by atoms with van der Waals surface area (Å²) in [6.45, 7) is 3.50. The highest BCUT2D eigenvalue weighted by molar-refractivity contribution is 5.81. The van der Waals surface area contributed by atoms with Gasteiger partial charge in [-0.15, -0.1) is 0 Å². The van der Waals surface area contributed by atoms with E-state index in [0.717, 1.165) is 23.3 Å². The summed E-state index contributed by atoms with van der Waals surface area (Å²) in [5, 5.41) is 14.3. The fourth-order valence-corrected chi connectivity index (χ4v) is 2.22. The highest BCUT2D eigenvalue weighted by atomic mass is 15.3. The van der Waals surface area contributed by atoms with Crippen LogP contribution in [0.25, 0.3) is 10.9 Å². The zero-order valence-electron chi connectivity index (χ0n) is 10.6. The fraction of sp³-hybridized carbons (Fsp3) is 0.214. The first kappa shape index (κ1) is 11.5. The van der Waals surface area contributed by atoms with Crippen LogP contribution >= 0.6 is 0 Å². The third kappa shape index (κ3) is 1.97. The van der Waals surface area contributed by atoms with Crippen molar-refractivity contribution in [1.82, 2.24) is 19.3 Å². The van der Waals surface area contributed by atoms with Crippen molar-refractivity contribution >= 4 is 10.9 Å². The molecular formula is C14H13N5. The number of benzene rings is 1. The molecule has 3 aromatic rings. The van der Waals surface area contributed by atoms with E-state index < -0.39 is 0 Å². The van der Waals surface area contributed by atoms with Gasteiger partial charge in [0, 0.05) is 18.3 Å². The number of rotatable bonds is 3. The Balaban J connectivity index is 2.04. The van der Waals surface area contributed by atoms with Gasteiger partial charge in [-0.2, -0.15) is 10.4 Å². The summed E-state index contributed by atoms with van der Waals surface area (Å²) in [6.07, 6.45) is 3.59. The van der Waals surface area contributed by atoms with Crippen molar-refractivity contribution in [3.63, 3.8) is 0 Å². The lowest BCUT2D eigenvalue weighted by atomic mass is 10.2. The second-order valence-electron chi connectivity index (χ2n) is 4.32. The Hall–Kier alpha value is -2.61. The minimum atomic E-state index is 0.659. The molecule has 0 amide bonds. The normalized spacial score (nSPS) is 10.7. The molecule has 0 aliphatic carbocycles. The first-order valence-corrected chi connectivity index (χ1v) is 6.17. The minimum Gasteiger partial charge on any atom is -0.340 e. The van der Waals surface area contributed by atoms with Gasteiger partial charge in [0.2, 0.25) is 0 Å². The number of fused-ring (bicyclic) bond motifs is 1. The molecule has 3 rings (SSSR count). The van der Waals surface area contributed by atoms with Crippen LogP contribution in [0.3, 0.4) is 0 Å². The van der Waals surface area contributed by atoms with Crippen molar-refractivity contribution < 1.29 is 0 Å². The zero-order valence-corrected chi connectivity index (χ0v) is 10.6. The van der Waals surface area contributed by atoms with Crippen molar-refractivity contribution in [3.8, 4) is 6.07 Å². The van der Waals surface area contributed by atoms with E-state index in [-0.39, 0.29) is 0 Å². The Kier molecular flexibility index (Phi) is 2.76. The molecule has 0 N–H and O–H groups in total. The van der Waals surface area contributed by atoms with Crippen LogP contribution in [0.1, 0.15) is 18.3 Å². The molecular weight excluding hydrogens is 238 g/mol. The average Bonchev–Trinajstić information content (AvgIpc) is 3.06. The van der Waals surface area contributed by atoms with Crippen molar-refractivity contribution in [2.24, 2.45) is 0 Å². The first-order valence-electron chi connectivity index (χ1n) is 6.17. The summed E-state index contributed by atoms with van der Waals surface area (Å²) in [5.41, 5.74) is 1.72. The number of hydrogen-bond acceptors (Lipinski definition) is 3. The molecule has 0 aliphatic heterocycles. The van der Waals surface area contributed by atoms with Gasteiger partial charge in [0.05, 0.1) is 18.2 Å². The van der Waals surface area contributed by atoms with Crippen molar-refractivity contribution in [3.05, 3.63) is 48.2 Å². The van der Waals surface area contributed by atoms with Crippen molar-refractivity contribution in [1.29, 1.82) is 5.26 Å². The predicted molar refractivity (Wildman–Crippen MR) is 71.5 cm³/mol. The SMILES string of the molecule is CCn1ncnc1Cn1ccc2ccc(C#N)cc21. The number of aryl methyl sites for hydroxylation is 1. The van der Waals surface area contributed by atoms with Crippen molar-refractivity contribution in [2.45, 2.75) is 20.0 Å². The fourth-order valence-electron chi connectivity index (χ4n) is 2.22. The van der Waals surface area contributed by atoms with E-state index in [1.165, 1.54) is 0 Å². The number of aromatic nitrogens is 4. The van der Waals surface area contributed by atoms with E-state index in [1.54, 1.807) is 6.33 Å². The maximum atomic E-state index is 8.98. The molecule has 0 bridgehead atoms. The second kappa shape index (κ2) is 4.58. The summed E-state index contributed by atoms with van der Waals surface area (Å²) in [4.78, 5) is 4.28. The molecule has 1 aromatic carbocycles. The molecule has 0 saturated carbocycles. The van der Waals surface area contributed by atoms with E-state index in [4.69, 9.17) is 5.26 Å². The van der Waals surface area contributed by atoms with E-state index in [1.807, 2.05) is 42.1 Å². The van der Waals surface area contributed by atoms with E-state index in [9.17, 15) is 0 Å². The smallest absolute Gasteiger partial charge is 0.146 e. The predicted octanol–water partition coefficient (Wildman–Crippen LogP) is 2.17. The Bertz CT molecular complexity index is 760. The third-order valence-corrected chi connectivity index (χ3v) is 3.21. The molecule has 0 atom stereocenters. The molecule has 2 aromatic heterocycles. The van der Waals surface area contributed by atoms with Gasteiger partial charge >= 0.3 is 0 Å². The maximum absolute atomic E-state index is 8.98. The third-order valence-electron chi connectivity index (χ3n) is 3.21. The lowest BCUT2D eigenvalue weighted by molar-refractivity contribution is 0.597. The first-order chi connectivity index (χ1) is 9.31. The number of nitrogens with zero attached hydrogens (tertiary/aromatic N) is 5. The summed E-state index contributed by atoms with van der Waals surface area (Å²) in [6, 6.07) is 9.92. The highest BCUT2D eigenvalue weighted by Crippen LogP contribution is 2.18. The van der Waals surface area contributed by atoms with Gasteiger partial charge in [0.1, 0.15) is 12.2 Å². The Labute approximate surface area is 110 Å². The van der Waals surface area contributed by atoms with E-state index in [0.29, 0.717) is 12.1 Å². The van der Waals surface area contributed by atoms with Gasteiger partial charge in [0.15, 0.2) is 0 Å². The molecule has 2 heterocycles. The lowest BCUT2D eigenvalue weighted by Crippen LogP contribution is -2.08. The molecule has 0 spiro atoms. The number of hydrogen-bond donors (Lipinski definition) is 0. The molecule has 0 aliphatic rings. The van der Waals surface area contributed by atoms with Crippen LogP contribution in [-0.2, 0) is 13.1 Å². The number of nitriles is 1. The van der Waals surface area contributed by atoms with Gasteiger partial charge in [0.25, 0.3) is 0 Å². The van der Waals surface area contributed by atoms with Gasteiger partial charge in [-0.1, -0.05) is 6.07 Å². The van der Waals surface area contributed by atoms with Crippen LogP contribution in [0.2, 0.25) is 0 Å². The molecule has 94 valence electrons. The van der Waals surface area contributed by atoms with Crippen LogP contribution in [0.5, 0.6) is 0 Å². The van der Waals surface area contributed by atoms with E-state index >= 15 is 0 Å². The zero-order chi connectivity index (χ0) is 13.2. The standard InChI is InChI=1S/C14H13N5/c1-2-19-14(16-10-17-19)9-18-6-5-12-4-3-11(8-15)7-13(12)18/h3-7,10H,2,9H2,1H3. The van der Waals surface area contributed by atoms with Gasteiger partial charge in [-0.3, -0.25) is 0 Å². The van der Waals surface area contributed by atoms with Gasteiger partial charge in [-0.05, 0) is 30.5 Å². The lowest BCUT2D eigenvalue weighted by Gasteiger charge is -2.06. The Morgan fingerprint density at radius 2 is 2.21 bits per heavy atom. The molecule has 0 radical (unpaired) electrons. The molecule has 19 heavy (non-hydrogen) atoms. The summed E-state index contributed by atoms with van der Waals surface area (Å²) < 4.78 is 3.96.